The highest BCUT2D eigenvalue weighted by atomic mass is 32.2. The van der Waals surface area contributed by atoms with Gasteiger partial charge in [-0.15, -0.1) is 0 Å². The maximum Gasteiger partial charge on any atom is 0.441 e. The molecule has 2 nitrogen and oxygen atoms in total. The van der Waals surface area contributed by atoms with E-state index in [9.17, 15) is 13.2 Å². The number of hydrogen-bond donors (Lipinski definition) is 1. The van der Waals surface area contributed by atoms with Gasteiger partial charge in [0, 0.05) is 24.9 Å². The lowest BCUT2D eigenvalue weighted by Crippen LogP contribution is -2.39. The molecule has 1 N–H and O–H groups in total. The van der Waals surface area contributed by atoms with Crippen LogP contribution in [0.25, 0.3) is 0 Å². The van der Waals surface area contributed by atoms with E-state index in [0.29, 0.717) is 6.54 Å². The lowest BCUT2D eigenvalue weighted by Gasteiger charge is -2.21. The zero-order valence-electron chi connectivity index (χ0n) is 9.52. The van der Waals surface area contributed by atoms with Crippen LogP contribution in [-0.4, -0.2) is 48.4 Å². The Morgan fingerprint density at radius 2 is 1.94 bits per heavy atom. The maximum atomic E-state index is 11.8. The van der Waals surface area contributed by atoms with Gasteiger partial charge in [-0.3, -0.25) is 0 Å². The molecule has 0 aromatic rings. The molecular formula is C10H19F3N2S. The molecule has 0 spiro atoms. The van der Waals surface area contributed by atoms with Crippen LogP contribution in [0.4, 0.5) is 13.2 Å². The fourth-order valence-corrected chi connectivity index (χ4v) is 2.34. The van der Waals surface area contributed by atoms with Crippen molar-refractivity contribution in [3.05, 3.63) is 0 Å². The zero-order valence-corrected chi connectivity index (χ0v) is 10.3. The molecule has 1 unspecified atom stereocenters. The Labute approximate surface area is 98.9 Å². The summed E-state index contributed by atoms with van der Waals surface area (Å²) in [4.78, 5) is 2.36. The van der Waals surface area contributed by atoms with E-state index in [2.05, 4.69) is 10.2 Å². The molecule has 1 saturated heterocycles. The van der Waals surface area contributed by atoms with E-state index in [0.717, 1.165) is 19.6 Å². The first kappa shape index (κ1) is 14.1. The summed E-state index contributed by atoms with van der Waals surface area (Å²) in [6, 6.07) is 0.270. The van der Waals surface area contributed by atoms with Gasteiger partial charge in [0.2, 0.25) is 0 Å². The third kappa shape index (κ3) is 6.60. The van der Waals surface area contributed by atoms with Crippen molar-refractivity contribution in [3.63, 3.8) is 0 Å². The van der Waals surface area contributed by atoms with Gasteiger partial charge in [0.05, 0.1) is 0 Å². The molecule has 1 rings (SSSR count). The normalized spacial score (nSPS) is 20.2. The summed E-state index contributed by atoms with van der Waals surface area (Å²) in [6.07, 6.45) is 2.49. The molecule has 0 radical (unpaired) electrons. The second-order valence-corrected chi connectivity index (χ2v) is 5.32. The van der Waals surface area contributed by atoms with Crippen LogP contribution in [0.5, 0.6) is 0 Å². The highest BCUT2D eigenvalue weighted by Gasteiger charge is 2.27. The molecule has 1 aliphatic rings. The molecule has 1 heterocycles. The Hall–Kier alpha value is 0.0600. The van der Waals surface area contributed by atoms with Crippen molar-refractivity contribution in [2.75, 3.05) is 31.9 Å². The number of rotatable bonds is 6. The van der Waals surface area contributed by atoms with Crippen LogP contribution < -0.4 is 5.32 Å². The second kappa shape index (κ2) is 6.71. The van der Waals surface area contributed by atoms with Crippen molar-refractivity contribution in [1.29, 1.82) is 0 Å². The molecule has 1 aliphatic heterocycles. The Bertz CT molecular complexity index is 193. The van der Waals surface area contributed by atoms with Crippen molar-refractivity contribution in [2.24, 2.45) is 0 Å². The number of nitrogens with zero attached hydrogens (tertiary/aromatic N) is 1. The van der Waals surface area contributed by atoms with Crippen LogP contribution in [0.3, 0.4) is 0 Å². The highest BCUT2D eigenvalue weighted by Crippen LogP contribution is 2.29. The van der Waals surface area contributed by atoms with Gasteiger partial charge in [-0.05, 0) is 44.6 Å². The van der Waals surface area contributed by atoms with Crippen molar-refractivity contribution in [1.82, 2.24) is 10.2 Å². The van der Waals surface area contributed by atoms with Gasteiger partial charge in [-0.2, -0.15) is 13.2 Å². The van der Waals surface area contributed by atoms with E-state index in [4.69, 9.17) is 0 Å². The van der Waals surface area contributed by atoms with Crippen molar-refractivity contribution in [2.45, 2.75) is 31.3 Å². The van der Waals surface area contributed by atoms with E-state index in [-0.39, 0.29) is 23.6 Å². The van der Waals surface area contributed by atoms with Crippen molar-refractivity contribution < 1.29 is 13.2 Å². The maximum absolute atomic E-state index is 11.8. The molecular weight excluding hydrogens is 237 g/mol. The van der Waals surface area contributed by atoms with Gasteiger partial charge in [-0.25, -0.2) is 0 Å². The van der Waals surface area contributed by atoms with Crippen LogP contribution in [0.1, 0.15) is 19.8 Å². The third-order valence-electron chi connectivity index (χ3n) is 2.59. The van der Waals surface area contributed by atoms with Crippen LogP contribution in [0, 0.1) is 0 Å². The second-order valence-electron chi connectivity index (χ2n) is 4.16. The van der Waals surface area contributed by atoms with Crippen LogP contribution in [0.2, 0.25) is 0 Å². The number of likely N-dealkylation sites (tertiary alicyclic amines) is 1. The fraction of sp³-hybridized carbons (Fsp3) is 1.00. The van der Waals surface area contributed by atoms with Gasteiger partial charge in [0.25, 0.3) is 0 Å². The summed E-state index contributed by atoms with van der Waals surface area (Å²) in [5, 5.41) is 3.12. The predicted octanol–water partition coefficient (Wildman–Crippen LogP) is 2.31. The number of thioether (sulfide) groups is 1. The van der Waals surface area contributed by atoms with Crippen LogP contribution in [-0.2, 0) is 0 Å². The fourth-order valence-electron chi connectivity index (χ4n) is 1.89. The minimum absolute atomic E-state index is 0.0422. The Kier molecular flexibility index (Phi) is 5.92. The van der Waals surface area contributed by atoms with E-state index >= 15 is 0 Å². The molecule has 0 aromatic carbocycles. The first-order chi connectivity index (χ1) is 7.47. The molecule has 6 heteroatoms. The molecule has 0 saturated carbocycles. The van der Waals surface area contributed by atoms with E-state index in [1.165, 1.54) is 12.8 Å². The first-order valence-electron chi connectivity index (χ1n) is 5.64. The molecule has 0 aliphatic carbocycles. The highest BCUT2D eigenvalue weighted by molar-refractivity contribution is 8.00. The molecule has 96 valence electrons. The largest absolute Gasteiger partial charge is 0.441 e. The summed E-state index contributed by atoms with van der Waals surface area (Å²) in [7, 11) is 0. The molecule has 0 bridgehead atoms. The van der Waals surface area contributed by atoms with Gasteiger partial charge in [0.1, 0.15) is 0 Å². The molecule has 1 atom stereocenters. The summed E-state index contributed by atoms with van der Waals surface area (Å²) in [6.45, 7) is 5.64. The molecule has 0 aromatic heterocycles. The predicted molar refractivity (Wildman–Crippen MR) is 61.7 cm³/mol. The SMILES string of the molecule is CC(CN1CCCC1)NCCSC(F)(F)F. The van der Waals surface area contributed by atoms with Crippen LogP contribution >= 0.6 is 11.8 Å². The summed E-state index contributed by atoms with van der Waals surface area (Å²) < 4.78 is 35.5. The third-order valence-corrected chi connectivity index (χ3v) is 3.33. The van der Waals surface area contributed by atoms with Gasteiger partial charge < -0.3 is 10.2 Å². The van der Waals surface area contributed by atoms with Crippen LogP contribution in [0.15, 0.2) is 0 Å². The Balaban J connectivity index is 1.99. The monoisotopic (exact) mass is 256 g/mol. The number of alkyl halides is 3. The van der Waals surface area contributed by atoms with E-state index in [1.807, 2.05) is 6.92 Å². The minimum Gasteiger partial charge on any atom is -0.312 e. The van der Waals surface area contributed by atoms with Gasteiger partial charge in [-0.1, -0.05) is 0 Å². The standard InChI is InChI=1S/C10H19F3N2S/c1-9(8-15-5-2-3-6-15)14-4-7-16-10(11,12)13/h9,14H,2-8H2,1H3. The summed E-state index contributed by atoms with van der Waals surface area (Å²) in [5.41, 5.74) is -4.10. The Morgan fingerprint density at radius 1 is 1.31 bits per heavy atom. The van der Waals surface area contributed by atoms with Crippen molar-refractivity contribution in [3.8, 4) is 0 Å². The summed E-state index contributed by atoms with van der Waals surface area (Å²) >= 11 is 0.0422. The van der Waals surface area contributed by atoms with Crippen molar-refractivity contribution >= 4 is 11.8 Å². The minimum atomic E-state index is -4.10. The number of nitrogens with one attached hydrogen (secondary N) is 1. The zero-order chi connectivity index (χ0) is 12.0. The number of halogens is 3. The van der Waals surface area contributed by atoms with Gasteiger partial charge in [0.15, 0.2) is 0 Å². The van der Waals surface area contributed by atoms with E-state index in [1.54, 1.807) is 0 Å². The quantitative estimate of drug-likeness (QED) is 0.734. The van der Waals surface area contributed by atoms with E-state index < -0.39 is 5.51 Å². The Morgan fingerprint density at radius 3 is 2.50 bits per heavy atom. The first-order valence-corrected chi connectivity index (χ1v) is 6.62. The lowest BCUT2D eigenvalue weighted by atomic mass is 10.3. The molecule has 16 heavy (non-hydrogen) atoms. The smallest absolute Gasteiger partial charge is 0.312 e. The number of hydrogen-bond acceptors (Lipinski definition) is 3. The average molecular weight is 256 g/mol. The molecule has 0 amide bonds. The lowest BCUT2D eigenvalue weighted by molar-refractivity contribution is -0.0327. The van der Waals surface area contributed by atoms with Gasteiger partial charge >= 0.3 is 5.51 Å². The molecule has 1 fully saturated rings. The average Bonchev–Trinajstić information content (AvgIpc) is 2.63. The summed E-state index contributed by atoms with van der Waals surface area (Å²) in [5.74, 6) is 0.0911. The topological polar surface area (TPSA) is 15.3 Å².